The summed E-state index contributed by atoms with van der Waals surface area (Å²) in [6, 6.07) is 48.2. The Morgan fingerprint density at radius 2 is 1.20 bits per heavy atom. The zero-order valence-electron chi connectivity index (χ0n) is 21.9. The van der Waals surface area contributed by atoms with Crippen LogP contribution in [0.5, 0.6) is 0 Å². The van der Waals surface area contributed by atoms with Crippen LogP contribution in [0, 0.1) is 0 Å². The predicted octanol–water partition coefficient (Wildman–Crippen LogP) is 11.1. The van der Waals surface area contributed by atoms with Crippen molar-refractivity contribution >= 4 is 74.9 Å². The van der Waals surface area contributed by atoms with Gasteiger partial charge in [-0.25, -0.2) is 4.98 Å². The number of hydrogen-bond donors (Lipinski definition) is 0. The second-order valence-corrected chi connectivity index (χ2v) is 12.5. The number of fused-ring (bicyclic) bond motifs is 7. The van der Waals surface area contributed by atoms with Crippen molar-refractivity contribution in [2.45, 2.75) is 0 Å². The highest BCUT2D eigenvalue weighted by Crippen LogP contribution is 2.43. The van der Waals surface area contributed by atoms with E-state index in [1.54, 1.807) is 11.3 Å². The van der Waals surface area contributed by atoms with E-state index in [1.165, 1.54) is 57.8 Å². The molecule has 41 heavy (non-hydrogen) atoms. The van der Waals surface area contributed by atoms with Crippen molar-refractivity contribution in [2.24, 2.45) is 0 Å². The zero-order chi connectivity index (χ0) is 26.9. The molecule has 4 heteroatoms. The predicted molar refractivity (Wildman–Crippen MR) is 178 cm³/mol. The summed E-state index contributed by atoms with van der Waals surface area (Å²) < 4.78 is 6.30. The molecule has 0 aliphatic rings. The van der Waals surface area contributed by atoms with Gasteiger partial charge in [0.2, 0.25) is 0 Å². The molecule has 0 N–H and O–H groups in total. The quantitative estimate of drug-likeness (QED) is 0.211. The molecule has 0 unspecified atom stereocenters. The Hall–Kier alpha value is -4.77. The summed E-state index contributed by atoms with van der Waals surface area (Å²) in [4.78, 5) is 5.02. The van der Waals surface area contributed by atoms with Crippen molar-refractivity contribution in [2.75, 3.05) is 0 Å². The van der Waals surface area contributed by atoms with Gasteiger partial charge in [0.05, 0.1) is 26.9 Å². The summed E-state index contributed by atoms with van der Waals surface area (Å²) in [5.74, 6) is 0. The molecule has 0 bridgehead atoms. The van der Waals surface area contributed by atoms with Crippen LogP contribution in [0.25, 0.3) is 79.6 Å². The first-order valence-electron chi connectivity index (χ1n) is 13.7. The van der Waals surface area contributed by atoms with E-state index < -0.39 is 0 Å². The number of thiophene rings is 1. The SMILES string of the molecule is c1ccc(-n2c3ccccc3c3cc(-c4cccc5c4sc4ccccc45)ccc32)c(-c2nc3ccccc3s2)c1. The first-order valence-corrected chi connectivity index (χ1v) is 15.4. The summed E-state index contributed by atoms with van der Waals surface area (Å²) in [6.07, 6.45) is 0. The fourth-order valence-electron chi connectivity index (χ4n) is 6.21. The Balaban J connectivity index is 1.30. The van der Waals surface area contributed by atoms with Crippen LogP contribution in [0.2, 0.25) is 0 Å². The third-order valence-electron chi connectivity index (χ3n) is 8.06. The van der Waals surface area contributed by atoms with Gasteiger partial charge in [-0.15, -0.1) is 22.7 Å². The maximum absolute atomic E-state index is 5.02. The second-order valence-electron chi connectivity index (χ2n) is 10.4. The minimum atomic E-state index is 1.04. The fourth-order valence-corrected chi connectivity index (χ4v) is 8.45. The number of thiazole rings is 1. The van der Waals surface area contributed by atoms with Crippen molar-refractivity contribution < 1.29 is 0 Å². The highest BCUT2D eigenvalue weighted by atomic mass is 32.1. The molecule has 9 rings (SSSR count). The molecular weight excluding hydrogens is 537 g/mol. The Bertz CT molecular complexity index is 2410. The van der Waals surface area contributed by atoms with Gasteiger partial charge in [-0.1, -0.05) is 84.9 Å². The lowest BCUT2D eigenvalue weighted by atomic mass is 10.0. The highest BCUT2D eigenvalue weighted by Gasteiger charge is 2.18. The average Bonchev–Trinajstić information content (AvgIpc) is 3.72. The lowest BCUT2D eigenvalue weighted by Crippen LogP contribution is -1.96. The van der Waals surface area contributed by atoms with Gasteiger partial charge in [-0.05, 0) is 59.7 Å². The molecule has 6 aromatic carbocycles. The molecule has 2 nitrogen and oxygen atoms in total. The summed E-state index contributed by atoms with van der Waals surface area (Å²) in [6.45, 7) is 0. The van der Waals surface area contributed by atoms with Crippen LogP contribution < -0.4 is 0 Å². The largest absolute Gasteiger partial charge is 0.309 e. The normalized spacial score (nSPS) is 11.9. The number of nitrogens with zero attached hydrogens (tertiary/aromatic N) is 2. The molecule has 0 aliphatic carbocycles. The van der Waals surface area contributed by atoms with Crippen LogP contribution in [-0.2, 0) is 0 Å². The third kappa shape index (κ3) is 3.45. The molecule has 9 aromatic rings. The number of benzene rings is 6. The monoisotopic (exact) mass is 558 g/mol. The van der Waals surface area contributed by atoms with Crippen molar-refractivity contribution in [3.05, 3.63) is 133 Å². The van der Waals surface area contributed by atoms with Crippen LogP contribution in [0.15, 0.2) is 133 Å². The minimum Gasteiger partial charge on any atom is -0.309 e. The standard InChI is InChI=1S/C37H22N2S2/c1-5-16-31-25(10-1)29-22-23(24-13-9-14-27-26-11-3-7-18-34(26)40-36(24)27)20-21-33(29)39(31)32-17-6-2-12-28(32)37-38-30-15-4-8-19-35(30)41-37/h1-22H. The van der Waals surface area contributed by atoms with E-state index >= 15 is 0 Å². The number of aromatic nitrogens is 2. The third-order valence-corrected chi connectivity index (χ3v) is 10.3. The maximum Gasteiger partial charge on any atom is 0.126 e. The summed E-state index contributed by atoms with van der Waals surface area (Å²) in [5, 5.41) is 6.22. The molecule has 0 spiro atoms. The van der Waals surface area contributed by atoms with Crippen LogP contribution in [0.4, 0.5) is 0 Å². The van der Waals surface area contributed by atoms with Crippen LogP contribution >= 0.6 is 22.7 Å². The highest BCUT2D eigenvalue weighted by molar-refractivity contribution is 7.26. The maximum atomic E-state index is 5.02. The van der Waals surface area contributed by atoms with Gasteiger partial charge in [0, 0.05) is 36.5 Å². The molecule has 192 valence electrons. The number of hydrogen-bond acceptors (Lipinski definition) is 3. The first-order chi connectivity index (χ1) is 20.3. The Labute approximate surface area is 244 Å². The fraction of sp³-hybridized carbons (Fsp3) is 0. The summed E-state index contributed by atoms with van der Waals surface area (Å²) >= 11 is 3.64. The second kappa shape index (κ2) is 8.87. The number of rotatable bonds is 3. The minimum absolute atomic E-state index is 1.04. The summed E-state index contributed by atoms with van der Waals surface area (Å²) in [7, 11) is 0. The van der Waals surface area contributed by atoms with Gasteiger partial charge in [0.15, 0.2) is 0 Å². The van der Waals surface area contributed by atoms with E-state index in [0.29, 0.717) is 0 Å². The van der Waals surface area contributed by atoms with Crippen LogP contribution in [-0.4, -0.2) is 9.55 Å². The summed E-state index contributed by atoms with van der Waals surface area (Å²) in [5.41, 5.74) is 8.28. The van der Waals surface area contributed by atoms with E-state index in [0.717, 1.165) is 21.8 Å². The molecule has 0 radical (unpaired) electrons. The number of para-hydroxylation sites is 3. The molecule has 0 atom stereocenters. The van der Waals surface area contributed by atoms with Gasteiger partial charge in [-0.2, -0.15) is 0 Å². The van der Waals surface area contributed by atoms with Gasteiger partial charge in [0.1, 0.15) is 5.01 Å². The molecule has 0 saturated heterocycles. The Kier molecular flexibility index (Phi) is 4.97. The molecule has 3 aromatic heterocycles. The molecule has 0 amide bonds. The van der Waals surface area contributed by atoms with Crippen LogP contribution in [0.1, 0.15) is 0 Å². The Morgan fingerprint density at radius 1 is 0.488 bits per heavy atom. The van der Waals surface area contributed by atoms with Crippen molar-refractivity contribution in [1.29, 1.82) is 0 Å². The topological polar surface area (TPSA) is 17.8 Å². The van der Waals surface area contributed by atoms with E-state index in [4.69, 9.17) is 4.98 Å². The molecule has 3 heterocycles. The van der Waals surface area contributed by atoms with Gasteiger partial charge >= 0.3 is 0 Å². The molecule has 0 saturated carbocycles. The van der Waals surface area contributed by atoms with E-state index in [-0.39, 0.29) is 0 Å². The molecule has 0 aliphatic heterocycles. The van der Waals surface area contributed by atoms with Crippen molar-refractivity contribution in [1.82, 2.24) is 9.55 Å². The van der Waals surface area contributed by atoms with Crippen molar-refractivity contribution in [3.63, 3.8) is 0 Å². The lowest BCUT2D eigenvalue weighted by molar-refractivity contribution is 1.18. The lowest BCUT2D eigenvalue weighted by Gasteiger charge is -2.12. The Morgan fingerprint density at radius 3 is 2.12 bits per heavy atom. The van der Waals surface area contributed by atoms with Gasteiger partial charge in [-0.3, -0.25) is 0 Å². The van der Waals surface area contributed by atoms with Gasteiger partial charge < -0.3 is 4.57 Å². The van der Waals surface area contributed by atoms with Gasteiger partial charge in [0.25, 0.3) is 0 Å². The van der Waals surface area contributed by atoms with E-state index in [9.17, 15) is 0 Å². The zero-order valence-corrected chi connectivity index (χ0v) is 23.5. The first kappa shape index (κ1) is 23.0. The van der Waals surface area contributed by atoms with E-state index in [1.807, 2.05) is 11.3 Å². The van der Waals surface area contributed by atoms with E-state index in [2.05, 4.69) is 138 Å². The van der Waals surface area contributed by atoms with Crippen LogP contribution in [0.3, 0.4) is 0 Å². The van der Waals surface area contributed by atoms with Crippen molar-refractivity contribution in [3.8, 4) is 27.4 Å². The average molecular weight is 559 g/mol. The molecule has 0 fully saturated rings. The molecular formula is C37H22N2S2. The smallest absolute Gasteiger partial charge is 0.126 e.